The smallest absolute Gasteiger partial charge is 0.224 e. The van der Waals surface area contributed by atoms with E-state index in [9.17, 15) is 9.59 Å². The van der Waals surface area contributed by atoms with Crippen LogP contribution in [0, 0.1) is 0 Å². The van der Waals surface area contributed by atoms with Crippen molar-refractivity contribution in [3.8, 4) is 11.5 Å². The molecule has 0 heterocycles. The van der Waals surface area contributed by atoms with Gasteiger partial charge < -0.3 is 20.5 Å². The summed E-state index contributed by atoms with van der Waals surface area (Å²) in [4.78, 5) is 23.1. The molecule has 0 radical (unpaired) electrons. The second-order valence-corrected chi connectivity index (χ2v) is 5.53. The van der Waals surface area contributed by atoms with E-state index in [1.54, 1.807) is 38.5 Å². The Kier molecular flexibility index (Phi) is 6.39. The number of amides is 2. The van der Waals surface area contributed by atoms with Crippen LogP contribution in [-0.2, 0) is 22.4 Å². The van der Waals surface area contributed by atoms with E-state index in [2.05, 4.69) is 5.32 Å². The first-order valence-electron chi connectivity index (χ1n) is 7.90. The van der Waals surface area contributed by atoms with E-state index in [-0.39, 0.29) is 18.2 Å². The molecule has 6 nitrogen and oxygen atoms in total. The maximum Gasteiger partial charge on any atom is 0.224 e. The molecule has 0 bridgehead atoms. The first-order chi connectivity index (χ1) is 12.0. The highest BCUT2D eigenvalue weighted by Crippen LogP contribution is 2.29. The van der Waals surface area contributed by atoms with E-state index in [1.807, 2.05) is 18.2 Å². The maximum atomic E-state index is 12.2. The quantitative estimate of drug-likeness (QED) is 0.770. The Hall–Kier alpha value is -3.02. The molecule has 2 amide bonds. The van der Waals surface area contributed by atoms with Crippen LogP contribution in [0.15, 0.2) is 42.5 Å². The molecule has 0 spiro atoms. The normalized spacial score (nSPS) is 10.2. The molecule has 2 aromatic carbocycles. The SMILES string of the molecule is COc1cccc(OC)c1CCC(=O)Nc1ccc(CC(N)=O)cc1. The number of nitrogens with two attached hydrogens (primary N) is 1. The Labute approximate surface area is 146 Å². The lowest BCUT2D eigenvalue weighted by Crippen LogP contribution is -2.14. The highest BCUT2D eigenvalue weighted by molar-refractivity contribution is 5.91. The minimum Gasteiger partial charge on any atom is -0.496 e. The summed E-state index contributed by atoms with van der Waals surface area (Å²) >= 11 is 0. The molecule has 0 aliphatic rings. The van der Waals surface area contributed by atoms with Crippen LogP contribution in [0.2, 0.25) is 0 Å². The average molecular weight is 342 g/mol. The molecule has 3 N–H and O–H groups in total. The van der Waals surface area contributed by atoms with Crippen LogP contribution in [0.1, 0.15) is 17.5 Å². The van der Waals surface area contributed by atoms with Crippen molar-refractivity contribution in [1.29, 1.82) is 0 Å². The lowest BCUT2D eigenvalue weighted by molar-refractivity contribution is -0.117. The van der Waals surface area contributed by atoms with Gasteiger partial charge in [-0.15, -0.1) is 0 Å². The zero-order valence-corrected chi connectivity index (χ0v) is 14.4. The Morgan fingerprint density at radius 1 is 1.00 bits per heavy atom. The molecule has 2 aromatic rings. The monoisotopic (exact) mass is 342 g/mol. The molecule has 0 saturated heterocycles. The van der Waals surface area contributed by atoms with Gasteiger partial charge >= 0.3 is 0 Å². The summed E-state index contributed by atoms with van der Waals surface area (Å²) in [6, 6.07) is 12.6. The second-order valence-electron chi connectivity index (χ2n) is 5.53. The van der Waals surface area contributed by atoms with Gasteiger partial charge in [0.25, 0.3) is 0 Å². The van der Waals surface area contributed by atoms with Gasteiger partial charge in [-0.1, -0.05) is 18.2 Å². The number of rotatable bonds is 8. The Balaban J connectivity index is 1.96. The molecule has 132 valence electrons. The Morgan fingerprint density at radius 3 is 2.12 bits per heavy atom. The van der Waals surface area contributed by atoms with Crippen LogP contribution in [0.3, 0.4) is 0 Å². The number of ether oxygens (including phenoxy) is 2. The number of benzene rings is 2. The Morgan fingerprint density at radius 2 is 1.60 bits per heavy atom. The first kappa shape index (κ1) is 18.3. The number of nitrogens with one attached hydrogen (secondary N) is 1. The van der Waals surface area contributed by atoms with Gasteiger partial charge in [0.05, 0.1) is 20.6 Å². The topological polar surface area (TPSA) is 90.7 Å². The van der Waals surface area contributed by atoms with Crippen LogP contribution in [-0.4, -0.2) is 26.0 Å². The van der Waals surface area contributed by atoms with Gasteiger partial charge in [-0.05, 0) is 36.2 Å². The van der Waals surface area contributed by atoms with Gasteiger partial charge in [-0.3, -0.25) is 9.59 Å². The average Bonchev–Trinajstić information content (AvgIpc) is 2.60. The first-order valence-corrected chi connectivity index (χ1v) is 7.90. The largest absolute Gasteiger partial charge is 0.496 e. The van der Waals surface area contributed by atoms with Gasteiger partial charge in [0.1, 0.15) is 11.5 Å². The minimum absolute atomic E-state index is 0.115. The molecule has 25 heavy (non-hydrogen) atoms. The molecular weight excluding hydrogens is 320 g/mol. The molecule has 0 fully saturated rings. The summed E-state index contributed by atoms with van der Waals surface area (Å²) in [6.07, 6.45) is 0.973. The lowest BCUT2D eigenvalue weighted by Gasteiger charge is -2.13. The molecule has 0 aliphatic heterocycles. The third-order valence-corrected chi connectivity index (χ3v) is 3.75. The molecular formula is C19H22N2O4. The Bertz CT molecular complexity index is 719. The van der Waals surface area contributed by atoms with Crippen LogP contribution < -0.4 is 20.5 Å². The number of carbonyl (C=O) groups is 2. The van der Waals surface area contributed by atoms with E-state index in [0.29, 0.717) is 30.0 Å². The zero-order valence-electron chi connectivity index (χ0n) is 14.4. The third kappa shape index (κ3) is 5.24. The van der Waals surface area contributed by atoms with E-state index in [4.69, 9.17) is 15.2 Å². The fourth-order valence-corrected chi connectivity index (χ4v) is 2.54. The molecule has 2 rings (SSSR count). The highest BCUT2D eigenvalue weighted by Gasteiger charge is 2.12. The van der Waals surface area contributed by atoms with Crippen molar-refractivity contribution in [3.63, 3.8) is 0 Å². The van der Waals surface area contributed by atoms with Crippen LogP contribution in [0.4, 0.5) is 5.69 Å². The van der Waals surface area contributed by atoms with Gasteiger partial charge in [0.2, 0.25) is 11.8 Å². The van der Waals surface area contributed by atoms with E-state index in [0.717, 1.165) is 11.1 Å². The predicted molar refractivity (Wildman–Crippen MR) is 95.8 cm³/mol. The minimum atomic E-state index is -0.387. The predicted octanol–water partition coefficient (Wildman–Crippen LogP) is 2.30. The van der Waals surface area contributed by atoms with Crippen molar-refractivity contribution in [2.24, 2.45) is 5.73 Å². The van der Waals surface area contributed by atoms with E-state index < -0.39 is 0 Å². The standard InChI is InChI=1S/C19H22N2O4/c1-24-16-4-3-5-17(25-2)15(16)10-11-19(23)21-14-8-6-13(7-9-14)12-18(20)22/h3-9H,10-12H2,1-2H3,(H2,20,22)(H,21,23). The second kappa shape index (κ2) is 8.73. The number of primary amides is 1. The van der Waals surface area contributed by atoms with E-state index >= 15 is 0 Å². The molecule has 0 aromatic heterocycles. The van der Waals surface area contributed by atoms with Gasteiger partial charge in [0, 0.05) is 17.7 Å². The molecule has 0 atom stereocenters. The number of hydrogen-bond donors (Lipinski definition) is 2. The fraction of sp³-hybridized carbons (Fsp3) is 0.263. The summed E-state index contributed by atoms with van der Waals surface area (Å²) in [5, 5.41) is 2.83. The van der Waals surface area contributed by atoms with Crippen molar-refractivity contribution in [1.82, 2.24) is 0 Å². The van der Waals surface area contributed by atoms with Crippen molar-refractivity contribution in [2.45, 2.75) is 19.3 Å². The van der Waals surface area contributed by atoms with E-state index in [1.165, 1.54) is 0 Å². The summed E-state index contributed by atoms with van der Waals surface area (Å²) in [6.45, 7) is 0. The van der Waals surface area contributed by atoms with Crippen molar-refractivity contribution in [3.05, 3.63) is 53.6 Å². The van der Waals surface area contributed by atoms with Crippen LogP contribution >= 0.6 is 0 Å². The van der Waals surface area contributed by atoms with Crippen molar-refractivity contribution in [2.75, 3.05) is 19.5 Å². The fourth-order valence-electron chi connectivity index (χ4n) is 2.54. The number of carbonyl (C=O) groups excluding carboxylic acids is 2. The summed E-state index contributed by atoms with van der Waals surface area (Å²) < 4.78 is 10.7. The van der Waals surface area contributed by atoms with Crippen LogP contribution in [0.25, 0.3) is 0 Å². The number of anilines is 1. The summed E-state index contributed by atoms with van der Waals surface area (Å²) in [5.74, 6) is 0.893. The summed E-state index contributed by atoms with van der Waals surface area (Å²) in [5.41, 5.74) is 7.50. The molecule has 6 heteroatoms. The highest BCUT2D eigenvalue weighted by atomic mass is 16.5. The third-order valence-electron chi connectivity index (χ3n) is 3.75. The lowest BCUT2D eigenvalue weighted by atomic mass is 10.1. The number of methoxy groups -OCH3 is 2. The van der Waals surface area contributed by atoms with Crippen molar-refractivity contribution >= 4 is 17.5 Å². The zero-order chi connectivity index (χ0) is 18.2. The molecule has 0 saturated carbocycles. The van der Waals surface area contributed by atoms with Crippen LogP contribution in [0.5, 0.6) is 11.5 Å². The summed E-state index contributed by atoms with van der Waals surface area (Å²) in [7, 11) is 3.18. The maximum absolute atomic E-state index is 12.2. The number of hydrogen-bond acceptors (Lipinski definition) is 4. The molecule has 0 aliphatic carbocycles. The van der Waals surface area contributed by atoms with Crippen molar-refractivity contribution < 1.29 is 19.1 Å². The molecule has 0 unspecified atom stereocenters. The van der Waals surface area contributed by atoms with Gasteiger partial charge in [0.15, 0.2) is 0 Å². The van der Waals surface area contributed by atoms with Gasteiger partial charge in [-0.2, -0.15) is 0 Å². The van der Waals surface area contributed by atoms with Gasteiger partial charge in [-0.25, -0.2) is 0 Å².